The monoisotopic (exact) mass is 417 g/mol. The zero-order valence-corrected chi connectivity index (χ0v) is 16.7. The second kappa shape index (κ2) is 7.98. The molecule has 0 saturated carbocycles. The molecule has 0 aromatic heterocycles. The van der Waals surface area contributed by atoms with E-state index in [9.17, 15) is 18.1 Å². The van der Waals surface area contributed by atoms with Crippen LogP contribution < -0.4 is 14.2 Å². The number of rotatable bonds is 6. The lowest BCUT2D eigenvalue weighted by Gasteiger charge is -2.13. The molecule has 3 aromatic carbocycles. The van der Waals surface area contributed by atoms with Gasteiger partial charge in [0.05, 0.1) is 21.3 Å². The van der Waals surface area contributed by atoms with Crippen molar-refractivity contribution in [2.45, 2.75) is 4.90 Å². The van der Waals surface area contributed by atoms with Gasteiger partial charge in [-0.1, -0.05) is 24.3 Å². The summed E-state index contributed by atoms with van der Waals surface area (Å²) in [6.45, 7) is 0. The zero-order chi connectivity index (χ0) is 21.2. The van der Waals surface area contributed by atoms with Gasteiger partial charge in [-0.15, -0.1) is 0 Å². The van der Waals surface area contributed by atoms with Gasteiger partial charge in [-0.2, -0.15) is 8.42 Å². The largest absolute Gasteiger partial charge is 0.506 e. The molecule has 0 aliphatic heterocycles. The van der Waals surface area contributed by atoms with E-state index in [-0.39, 0.29) is 16.8 Å². The van der Waals surface area contributed by atoms with Gasteiger partial charge in [-0.3, -0.25) is 9.55 Å². The number of benzene rings is 3. The first-order valence-corrected chi connectivity index (χ1v) is 9.80. The molecular formula is C20H19NO7S. The summed E-state index contributed by atoms with van der Waals surface area (Å²) < 4.78 is 48.7. The van der Waals surface area contributed by atoms with Crippen molar-refractivity contribution in [1.29, 1.82) is 0 Å². The Kier molecular flexibility index (Phi) is 5.62. The van der Waals surface area contributed by atoms with E-state index in [2.05, 4.69) is 4.99 Å². The lowest BCUT2D eigenvalue weighted by atomic mass is 10.1. The minimum absolute atomic E-state index is 0.154. The maximum atomic E-state index is 11.7. The highest BCUT2D eigenvalue weighted by Gasteiger charge is 2.19. The van der Waals surface area contributed by atoms with Crippen LogP contribution >= 0.6 is 0 Å². The van der Waals surface area contributed by atoms with Crippen LogP contribution in [-0.2, 0) is 10.1 Å². The third-order valence-corrected chi connectivity index (χ3v) is 5.16. The van der Waals surface area contributed by atoms with Crippen LogP contribution in [0, 0.1) is 0 Å². The summed E-state index contributed by atoms with van der Waals surface area (Å²) in [6.07, 6.45) is 1.47. The van der Waals surface area contributed by atoms with Crippen molar-refractivity contribution < 1.29 is 32.3 Å². The number of hydrogen-bond donors (Lipinski definition) is 2. The van der Waals surface area contributed by atoms with Gasteiger partial charge in [0.2, 0.25) is 5.75 Å². The Balaban J connectivity index is 2.17. The lowest BCUT2D eigenvalue weighted by Crippen LogP contribution is -1.99. The van der Waals surface area contributed by atoms with E-state index in [1.807, 2.05) is 0 Å². The molecule has 0 amide bonds. The molecule has 0 atom stereocenters. The number of aromatic hydroxyl groups is 1. The van der Waals surface area contributed by atoms with Crippen LogP contribution in [-0.4, -0.2) is 45.6 Å². The predicted octanol–water partition coefficient (Wildman–Crippen LogP) is 3.57. The van der Waals surface area contributed by atoms with Crippen LogP contribution in [0.25, 0.3) is 10.8 Å². The van der Waals surface area contributed by atoms with Gasteiger partial charge in [0.1, 0.15) is 16.3 Å². The quantitative estimate of drug-likeness (QED) is 0.465. The summed E-state index contributed by atoms with van der Waals surface area (Å²) in [5, 5.41) is 11.0. The molecule has 2 N–H and O–H groups in total. The van der Waals surface area contributed by atoms with Crippen LogP contribution in [0.3, 0.4) is 0 Å². The van der Waals surface area contributed by atoms with E-state index in [1.165, 1.54) is 33.6 Å². The molecule has 3 rings (SSSR count). The molecule has 0 aliphatic carbocycles. The highest BCUT2D eigenvalue weighted by Crippen LogP contribution is 2.40. The van der Waals surface area contributed by atoms with E-state index < -0.39 is 15.0 Å². The van der Waals surface area contributed by atoms with Crippen LogP contribution in [0.1, 0.15) is 5.56 Å². The molecule has 0 spiro atoms. The SMILES string of the molecule is COc1cc(C=Nc2c(O)cc(S(=O)(=O)O)c3ccccc23)cc(OC)c1OC. The Labute approximate surface area is 167 Å². The van der Waals surface area contributed by atoms with Gasteiger partial charge >= 0.3 is 0 Å². The molecule has 0 aliphatic rings. The Morgan fingerprint density at radius 3 is 2.03 bits per heavy atom. The summed E-state index contributed by atoms with van der Waals surface area (Å²) in [4.78, 5) is 3.94. The predicted molar refractivity (Wildman–Crippen MR) is 109 cm³/mol. The fourth-order valence-electron chi connectivity index (χ4n) is 2.98. The van der Waals surface area contributed by atoms with Gasteiger partial charge in [-0.25, -0.2) is 0 Å². The summed E-state index contributed by atoms with van der Waals surface area (Å²) in [7, 11) is -0.0419. The second-order valence-electron chi connectivity index (χ2n) is 5.98. The van der Waals surface area contributed by atoms with E-state index in [0.717, 1.165) is 6.07 Å². The van der Waals surface area contributed by atoms with Gasteiger partial charge in [0.15, 0.2) is 11.5 Å². The van der Waals surface area contributed by atoms with Crippen molar-refractivity contribution in [3.63, 3.8) is 0 Å². The van der Waals surface area contributed by atoms with Crippen molar-refractivity contribution >= 4 is 32.8 Å². The average molecular weight is 417 g/mol. The first kappa shape index (κ1) is 20.4. The topological polar surface area (TPSA) is 115 Å². The van der Waals surface area contributed by atoms with E-state index in [0.29, 0.717) is 28.2 Å². The standard InChI is InChI=1S/C20H19NO7S/c1-26-16-8-12(9-17(27-2)20(16)28-3)11-21-19-14-7-5-4-6-13(14)18(10-15(19)22)29(23,24)25/h4-11,22H,1-3H3,(H,23,24,25). The van der Waals surface area contributed by atoms with Crippen molar-refractivity contribution in [3.8, 4) is 23.0 Å². The third kappa shape index (κ3) is 3.96. The zero-order valence-electron chi connectivity index (χ0n) is 15.9. The highest BCUT2D eigenvalue weighted by atomic mass is 32.2. The minimum atomic E-state index is -4.52. The summed E-state index contributed by atoms with van der Waals surface area (Å²) in [5.74, 6) is 0.908. The van der Waals surface area contributed by atoms with Crippen molar-refractivity contribution in [1.82, 2.24) is 0 Å². The number of nitrogens with zero attached hydrogens (tertiary/aromatic N) is 1. The number of aliphatic imine (C=N–C) groups is 1. The highest BCUT2D eigenvalue weighted by molar-refractivity contribution is 7.86. The Morgan fingerprint density at radius 2 is 1.52 bits per heavy atom. The van der Waals surface area contributed by atoms with Crippen molar-refractivity contribution in [2.24, 2.45) is 4.99 Å². The van der Waals surface area contributed by atoms with Crippen molar-refractivity contribution in [2.75, 3.05) is 21.3 Å². The summed E-state index contributed by atoms with van der Waals surface area (Å²) in [5.41, 5.74) is 0.753. The first-order chi connectivity index (χ1) is 13.8. The van der Waals surface area contributed by atoms with E-state index in [1.54, 1.807) is 30.3 Å². The molecule has 152 valence electrons. The normalized spacial score (nSPS) is 11.7. The maximum absolute atomic E-state index is 11.7. The summed E-state index contributed by atoms with van der Waals surface area (Å²) >= 11 is 0. The molecule has 0 fully saturated rings. The maximum Gasteiger partial charge on any atom is 0.295 e. The Bertz CT molecular complexity index is 1180. The number of ether oxygens (including phenoxy) is 3. The van der Waals surface area contributed by atoms with Gasteiger partial charge < -0.3 is 19.3 Å². The molecule has 8 nitrogen and oxygen atoms in total. The lowest BCUT2D eigenvalue weighted by molar-refractivity contribution is 0.324. The summed E-state index contributed by atoms with van der Waals surface area (Å²) in [6, 6.07) is 10.8. The molecule has 0 bridgehead atoms. The minimum Gasteiger partial charge on any atom is -0.506 e. The van der Waals surface area contributed by atoms with Crippen molar-refractivity contribution in [3.05, 3.63) is 48.0 Å². The molecular weight excluding hydrogens is 398 g/mol. The fourth-order valence-corrected chi connectivity index (χ4v) is 3.69. The Morgan fingerprint density at radius 1 is 0.931 bits per heavy atom. The van der Waals surface area contributed by atoms with Crippen LogP contribution in [0.4, 0.5) is 5.69 Å². The third-order valence-electron chi connectivity index (χ3n) is 4.27. The second-order valence-corrected chi connectivity index (χ2v) is 7.37. The van der Waals surface area contributed by atoms with Gasteiger partial charge in [-0.05, 0) is 12.1 Å². The number of hydrogen-bond acceptors (Lipinski definition) is 7. The molecule has 0 saturated heterocycles. The van der Waals surface area contributed by atoms with Crippen LogP contribution in [0.2, 0.25) is 0 Å². The van der Waals surface area contributed by atoms with Crippen LogP contribution in [0.5, 0.6) is 23.0 Å². The number of fused-ring (bicyclic) bond motifs is 1. The van der Waals surface area contributed by atoms with E-state index >= 15 is 0 Å². The molecule has 0 unspecified atom stereocenters. The smallest absolute Gasteiger partial charge is 0.295 e. The molecule has 9 heteroatoms. The van der Waals surface area contributed by atoms with Gasteiger partial charge in [0, 0.05) is 28.6 Å². The molecule has 3 aromatic rings. The molecule has 29 heavy (non-hydrogen) atoms. The molecule has 0 heterocycles. The number of phenolic OH excluding ortho intramolecular Hbond substituents is 1. The molecule has 0 radical (unpaired) electrons. The first-order valence-electron chi connectivity index (χ1n) is 8.36. The number of phenols is 1. The average Bonchev–Trinajstić information content (AvgIpc) is 2.70. The fraction of sp³-hybridized carbons (Fsp3) is 0.150. The number of methoxy groups -OCH3 is 3. The van der Waals surface area contributed by atoms with Crippen LogP contribution in [0.15, 0.2) is 52.4 Å². The van der Waals surface area contributed by atoms with E-state index in [4.69, 9.17) is 14.2 Å². The van der Waals surface area contributed by atoms with Gasteiger partial charge in [0.25, 0.3) is 10.1 Å². The Hall–Kier alpha value is -3.30.